The second-order valence-electron chi connectivity index (χ2n) is 3.69. The highest BCUT2D eigenvalue weighted by atomic mass is 16.4. The van der Waals surface area contributed by atoms with Crippen LogP contribution < -0.4 is 0 Å². The van der Waals surface area contributed by atoms with E-state index in [-0.39, 0.29) is 12.5 Å². The molecule has 0 aliphatic carbocycles. The van der Waals surface area contributed by atoms with Crippen molar-refractivity contribution in [2.75, 3.05) is 6.54 Å². The fraction of sp³-hybridized carbons (Fsp3) is 0.556. The van der Waals surface area contributed by atoms with Crippen LogP contribution in [0.4, 0.5) is 0 Å². The molecule has 0 fully saturated rings. The maximum Gasteiger partial charge on any atom is 0.323 e. The Kier molecular flexibility index (Phi) is 3.66. The van der Waals surface area contributed by atoms with Gasteiger partial charge in [-0.2, -0.15) is 0 Å². The van der Waals surface area contributed by atoms with Gasteiger partial charge in [0.2, 0.25) is 5.91 Å². The smallest absolute Gasteiger partial charge is 0.323 e. The molecule has 0 aliphatic heterocycles. The highest BCUT2D eigenvalue weighted by molar-refractivity contribution is 5.90. The van der Waals surface area contributed by atoms with Gasteiger partial charge in [0.25, 0.3) is 0 Å². The zero-order chi connectivity index (χ0) is 10.6. The zero-order valence-electron chi connectivity index (χ0n) is 8.20. The highest BCUT2D eigenvalue weighted by Gasteiger charge is 2.26. The van der Waals surface area contributed by atoms with Crippen LogP contribution in [0.15, 0.2) is 12.7 Å². The average molecular weight is 185 g/mol. The van der Waals surface area contributed by atoms with E-state index in [2.05, 4.69) is 6.58 Å². The molecule has 74 valence electrons. The fourth-order valence-corrected chi connectivity index (χ4v) is 0.891. The van der Waals surface area contributed by atoms with E-state index in [9.17, 15) is 9.59 Å². The molecule has 13 heavy (non-hydrogen) atoms. The van der Waals surface area contributed by atoms with Gasteiger partial charge >= 0.3 is 5.97 Å². The second-order valence-corrected chi connectivity index (χ2v) is 3.69. The van der Waals surface area contributed by atoms with Gasteiger partial charge in [-0.05, 0) is 26.8 Å². The number of rotatable bonds is 3. The van der Waals surface area contributed by atoms with Crippen LogP contribution in [0.25, 0.3) is 0 Å². The van der Waals surface area contributed by atoms with Crippen molar-refractivity contribution in [1.82, 2.24) is 4.90 Å². The topological polar surface area (TPSA) is 57.6 Å². The van der Waals surface area contributed by atoms with E-state index >= 15 is 0 Å². The second kappa shape index (κ2) is 4.07. The van der Waals surface area contributed by atoms with Crippen LogP contribution in [-0.2, 0) is 9.59 Å². The van der Waals surface area contributed by atoms with Crippen LogP contribution in [0.5, 0.6) is 0 Å². The minimum Gasteiger partial charge on any atom is -0.480 e. The van der Waals surface area contributed by atoms with E-state index in [1.54, 1.807) is 20.8 Å². The van der Waals surface area contributed by atoms with Crippen LogP contribution in [-0.4, -0.2) is 34.0 Å². The minimum atomic E-state index is -1.02. The predicted molar refractivity (Wildman–Crippen MR) is 49.3 cm³/mol. The number of hydrogen-bond donors (Lipinski definition) is 1. The number of nitrogens with zero attached hydrogens (tertiary/aromatic N) is 1. The van der Waals surface area contributed by atoms with Crippen molar-refractivity contribution in [2.24, 2.45) is 0 Å². The maximum absolute atomic E-state index is 11.2. The first-order valence-corrected chi connectivity index (χ1v) is 3.95. The molecule has 0 aromatic heterocycles. The Morgan fingerprint density at radius 2 is 1.92 bits per heavy atom. The number of carboxylic acids is 1. The SMILES string of the molecule is C=CC(=O)N(CC(=O)O)C(C)(C)C. The summed E-state index contributed by atoms with van der Waals surface area (Å²) in [6, 6.07) is 0. The zero-order valence-corrected chi connectivity index (χ0v) is 8.20. The van der Waals surface area contributed by atoms with E-state index in [0.29, 0.717) is 0 Å². The summed E-state index contributed by atoms with van der Waals surface area (Å²) in [5.41, 5.74) is -0.496. The minimum absolute atomic E-state index is 0.297. The van der Waals surface area contributed by atoms with Crippen molar-refractivity contribution in [3.05, 3.63) is 12.7 Å². The fourth-order valence-electron chi connectivity index (χ4n) is 0.891. The van der Waals surface area contributed by atoms with E-state index in [4.69, 9.17) is 5.11 Å². The van der Waals surface area contributed by atoms with Gasteiger partial charge in [-0.1, -0.05) is 6.58 Å². The van der Waals surface area contributed by atoms with Crippen LogP contribution in [0.1, 0.15) is 20.8 Å². The summed E-state index contributed by atoms with van der Waals surface area (Å²) in [5.74, 6) is -1.39. The molecule has 1 amide bonds. The van der Waals surface area contributed by atoms with Gasteiger partial charge in [-0.3, -0.25) is 9.59 Å². The maximum atomic E-state index is 11.2. The summed E-state index contributed by atoms with van der Waals surface area (Å²) in [5, 5.41) is 8.56. The molecule has 1 N–H and O–H groups in total. The van der Waals surface area contributed by atoms with Crippen LogP contribution in [0.2, 0.25) is 0 Å². The number of carbonyl (C=O) groups is 2. The first-order chi connectivity index (χ1) is 5.79. The Morgan fingerprint density at radius 1 is 1.46 bits per heavy atom. The lowest BCUT2D eigenvalue weighted by Gasteiger charge is -2.33. The lowest BCUT2D eigenvalue weighted by Crippen LogP contribution is -2.47. The molecule has 0 saturated carbocycles. The molecule has 0 bridgehead atoms. The van der Waals surface area contributed by atoms with Crippen LogP contribution in [0.3, 0.4) is 0 Å². The van der Waals surface area contributed by atoms with Gasteiger partial charge in [0.15, 0.2) is 0 Å². The van der Waals surface area contributed by atoms with Crippen molar-refractivity contribution in [3.63, 3.8) is 0 Å². The molecule has 0 spiro atoms. The highest BCUT2D eigenvalue weighted by Crippen LogP contribution is 2.13. The Labute approximate surface area is 77.8 Å². The monoisotopic (exact) mass is 185 g/mol. The van der Waals surface area contributed by atoms with E-state index in [1.807, 2.05) is 0 Å². The molecule has 0 unspecified atom stereocenters. The van der Waals surface area contributed by atoms with Gasteiger partial charge in [0, 0.05) is 5.54 Å². The average Bonchev–Trinajstić information content (AvgIpc) is 1.96. The summed E-state index contributed by atoms with van der Waals surface area (Å²) >= 11 is 0. The van der Waals surface area contributed by atoms with Crippen molar-refractivity contribution in [2.45, 2.75) is 26.3 Å². The van der Waals surface area contributed by atoms with Gasteiger partial charge in [0.1, 0.15) is 6.54 Å². The number of aliphatic carboxylic acids is 1. The first kappa shape index (κ1) is 11.7. The van der Waals surface area contributed by atoms with Crippen molar-refractivity contribution in [3.8, 4) is 0 Å². The molecule has 0 aliphatic rings. The summed E-state index contributed by atoms with van der Waals surface area (Å²) in [6.45, 7) is 8.35. The summed E-state index contributed by atoms with van der Waals surface area (Å²) in [7, 11) is 0. The van der Waals surface area contributed by atoms with Gasteiger partial charge in [0.05, 0.1) is 0 Å². The molecule has 0 heterocycles. The van der Waals surface area contributed by atoms with Gasteiger partial charge in [-0.15, -0.1) is 0 Å². The van der Waals surface area contributed by atoms with Crippen molar-refractivity contribution >= 4 is 11.9 Å². The standard InChI is InChI=1S/C9H15NO3/c1-5-7(11)10(6-8(12)13)9(2,3)4/h5H,1,6H2,2-4H3,(H,12,13). The third-order valence-electron chi connectivity index (χ3n) is 1.54. The summed E-state index contributed by atoms with van der Waals surface area (Å²) in [4.78, 5) is 22.9. The summed E-state index contributed by atoms with van der Waals surface area (Å²) < 4.78 is 0. The molecule has 4 heteroatoms. The Morgan fingerprint density at radius 3 is 2.15 bits per heavy atom. The lowest BCUT2D eigenvalue weighted by molar-refractivity contribution is -0.145. The third kappa shape index (κ3) is 3.73. The molecule has 0 aromatic rings. The van der Waals surface area contributed by atoms with Crippen LogP contribution in [0, 0.1) is 0 Å². The van der Waals surface area contributed by atoms with Gasteiger partial charge < -0.3 is 10.0 Å². The first-order valence-electron chi connectivity index (χ1n) is 3.95. The number of carbonyl (C=O) groups excluding carboxylic acids is 1. The molecule has 0 aromatic carbocycles. The normalized spacial score (nSPS) is 10.7. The van der Waals surface area contributed by atoms with E-state index in [1.165, 1.54) is 4.90 Å². The molecule has 0 atom stereocenters. The number of carboxylic acid groups (broad SMARTS) is 1. The number of hydrogen-bond acceptors (Lipinski definition) is 2. The van der Waals surface area contributed by atoms with Crippen molar-refractivity contribution in [1.29, 1.82) is 0 Å². The predicted octanol–water partition coefficient (Wildman–Crippen LogP) is 0.884. The molecule has 4 nitrogen and oxygen atoms in total. The molecule has 0 saturated heterocycles. The van der Waals surface area contributed by atoms with Crippen molar-refractivity contribution < 1.29 is 14.7 Å². The van der Waals surface area contributed by atoms with Gasteiger partial charge in [-0.25, -0.2) is 0 Å². The Hall–Kier alpha value is -1.32. The van der Waals surface area contributed by atoms with E-state index in [0.717, 1.165) is 6.08 Å². The Balaban J connectivity index is 4.65. The molecule has 0 radical (unpaired) electrons. The summed E-state index contributed by atoms with van der Waals surface area (Å²) in [6.07, 6.45) is 1.12. The molecular formula is C9H15NO3. The Bertz CT molecular complexity index is 228. The van der Waals surface area contributed by atoms with E-state index < -0.39 is 11.5 Å². The van der Waals surface area contributed by atoms with Crippen LogP contribution >= 0.6 is 0 Å². The quantitative estimate of drug-likeness (QED) is 0.664. The third-order valence-corrected chi connectivity index (χ3v) is 1.54. The largest absolute Gasteiger partial charge is 0.480 e. The lowest BCUT2D eigenvalue weighted by atomic mass is 10.1. The number of amides is 1. The molecule has 0 rings (SSSR count). The molecular weight excluding hydrogens is 170 g/mol.